The van der Waals surface area contributed by atoms with Crippen molar-refractivity contribution in [2.45, 2.75) is 25.0 Å². The lowest BCUT2D eigenvalue weighted by molar-refractivity contribution is -0.126. The summed E-state index contributed by atoms with van der Waals surface area (Å²) in [6.45, 7) is 0.315. The Morgan fingerprint density at radius 3 is 2.66 bits per heavy atom. The lowest BCUT2D eigenvalue weighted by Crippen LogP contribution is -2.52. The van der Waals surface area contributed by atoms with E-state index in [-0.39, 0.29) is 17.9 Å². The minimum absolute atomic E-state index is 0.104. The second kappa shape index (κ2) is 7.24. The third kappa shape index (κ3) is 2.78. The van der Waals surface area contributed by atoms with Gasteiger partial charge in [-0.1, -0.05) is 66.2 Å². The Hall–Kier alpha value is -3.57. The zero-order valence-electron chi connectivity index (χ0n) is 17.1. The van der Waals surface area contributed by atoms with Crippen molar-refractivity contribution in [2.75, 3.05) is 0 Å². The molecule has 6 heteroatoms. The first-order valence-electron chi connectivity index (χ1n) is 10.7. The van der Waals surface area contributed by atoms with E-state index in [1.54, 1.807) is 11.0 Å². The molecule has 3 heterocycles. The zero-order valence-corrected chi connectivity index (χ0v) is 17.9. The van der Waals surface area contributed by atoms with Crippen LogP contribution in [0.1, 0.15) is 38.8 Å². The second-order valence-corrected chi connectivity index (χ2v) is 8.70. The van der Waals surface area contributed by atoms with E-state index in [0.717, 1.165) is 33.3 Å². The number of nitrogens with one attached hydrogen (secondary N) is 2. The number of carbonyl (C=O) groups excluding carboxylic acids is 2. The minimum Gasteiger partial charge on any atom is -0.356 e. The van der Waals surface area contributed by atoms with E-state index in [1.165, 1.54) is 0 Å². The number of hydrogen-bond donors (Lipinski definition) is 2. The van der Waals surface area contributed by atoms with Crippen molar-refractivity contribution in [3.05, 3.63) is 106 Å². The molecule has 4 aromatic rings. The van der Waals surface area contributed by atoms with Gasteiger partial charge in [0.05, 0.1) is 6.04 Å². The van der Waals surface area contributed by atoms with Crippen LogP contribution in [0.5, 0.6) is 0 Å². The largest absolute Gasteiger partial charge is 0.356 e. The molecule has 0 saturated carbocycles. The van der Waals surface area contributed by atoms with Crippen LogP contribution in [0.2, 0.25) is 5.02 Å². The summed E-state index contributed by atoms with van der Waals surface area (Å²) in [5, 5.41) is 4.72. The Morgan fingerprint density at radius 2 is 1.78 bits per heavy atom. The molecule has 1 aromatic heterocycles. The quantitative estimate of drug-likeness (QED) is 0.487. The maximum absolute atomic E-state index is 13.4. The fourth-order valence-electron chi connectivity index (χ4n) is 5.08. The highest BCUT2D eigenvalue weighted by Crippen LogP contribution is 2.46. The van der Waals surface area contributed by atoms with Crippen molar-refractivity contribution in [1.82, 2.24) is 15.2 Å². The van der Waals surface area contributed by atoms with Crippen molar-refractivity contribution >= 4 is 34.3 Å². The molecule has 2 N–H and O–H groups in total. The maximum atomic E-state index is 13.4. The first-order chi connectivity index (χ1) is 15.6. The minimum atomic E-state index is -0.603. The summed E-state index contributed by atoms with van der Waals surface area (Å²) < 4.78 is 0. The molecule has 158 valence electrons. The summed E-state index contributed by atoms with van der Waals surface area (Å²) in [5.41, 5.74) is 5.57. The van der Waals surface area contributed by atoms with Gasteiger partial charge in [0, 0.05) is 40.1 Å². The molecule has 0 bridgehead atoms. The predicted molar refractivity (Wildman–Crippen MR) is 124 cm³/mol. The van der Waals surface area contributed by atoms with Crippen molar-refractivity contribution in [3.63, 3.8) is 0 Å². The molecule has 2 aliphatic heterocycles. The van der Waals surface area contributed by atoms with Gasteiger partial charge in [-0.2, -0.15) is 0 Å². The molecular weight excluding hydrogens is 422 g/mol. The van der Waals surface area contributed by atoms with Gasteiger partial charge in [0.2, 0.25) is 5.91 Å². The molecule has 6 rings (SSSR count). The van der Waals surface area contributed by atoms with Gasteiger partial charge in [-0.15, -0.1) is 0 Å². The third-order valence-corrected chi connectivity index (χ3v) is 6.93. The van der Waals surface area contributed by atoms with E-state index < -0.39 is 6.04 Å². The molecule has 2 aliphatic rings. The van der Waals surface area contributed by atoms with Crippen LogP contribution >= 0.6 is 11.6 Å². The van der Waals surface area contributed by atoms with Crippen LogP contribution in [-0.2, 0) is 17.8 Å². The molecule has 32 heavy (non-hydrogen) atoms. The Morgan fingerprint density at radius 1 is 1.03 bits per heavy atom. The SMILES string of the molecule is O=C(NCc1ccccc1Cl)[C@@H]1Cc2c([nH]c3ccccc23)[C@H]2c3ccccc3C(=O)N21. The molecule has 0 spiro atoms. The maximum Gasteiger partial charge on any atom is 0.255 e. The lowest BCUT2D eigenvalue weighted by Gasteiger charge is -2.37. The highest BCUT2D eigenvalue weighted by molar-refractivity contribution is 6.31. The van der Waals surface area contributed by atoms with Crippen molar-refractivity contribution in [2.24, 2.45) is 0 Å². The van der Waals surface area contributed by atoms with Gasteiger partial charge in [-0.3, -0.25) is 9.59 Å². The van der Waals surface area contributed by atoms with E-state index in [0.29, 0.717) is 23.6 Å². The highest BCUT2D eigenvalue weighted by Gasteiger charge is 2.48. The number of aromatic nitrogens is 1. The first-order valence-corrected chi connectivity index (χ1v) is 11.0. The number of hydrogen-bond acceptors (Lipinski definition) is 2. The van der Waals surface area contributed by atoms with E-state index in [2.05, 4.69) is 16.4 Å². The number of H-pyrrole nitrogens is 1. The standard InChI is InChI=1S/C26H20ClN3O2/c27-20-11-5-1-7-15(20)14-28-25(31)22-13-19-16-8-4-6-12-21(16)29-23(19)24-17-9-2-3-10-18(17)26(32)30(22)24/h1-12,22,24,29H,13-14H2,(H,28,31)/t22-,24+/m0/s1. The first kappa shape index (κ1) is 19.1. The van der Waals surface area contributed by atoms with Crippen LogP contribution < -0.4 is 5.32 Å². The van der Waals surface area contributed by atoms with Crippen LogP contribution in [0.15, 0.2) is 72.8 Å². The molecule has 3 aromatic carbocycles. The Kier molecular flexibility index (Phi) is 4.33. The zero-order chi connectivity index (χ0) is 21.8. The number of fused-ring (bicyclic) bond motifs is 7. The number of halogens is 1. The van der Waals surface area contributed by atoms with Crippen LogP contribution in [0.25, 0.3) is 10.9 Å². The molecule has 0 unspecified atom stereocenters. The van der Waals surface area contributed by atoms with E-state index >= 15 is 0 Å². The topological polar surface area (TPSA) is 65.2 Å². The van der Waals surface area contributed by atoms with Gasteiger partial charge in [-0.25, -0.2) is 0 Å². The van der Waals surface area contributed by atoms with Crippen molar-refractivity contribution in [1.29, 1.82) is 0 Å². The number of benzene rings is 3. The molecular formula is C26H20ClN3O2. The summed E-state index contributed by atoms with van der Waals surface area (Å²) in [6, 6.07) is 22.3. The molecule has 0 radical (unpaired) electrons. The van der Waals surface area contributed by atoms with Crippen molar-refractivity contribution in [3.8, 4) is 0 Å². The molecule has 2 amide bonds. The fraction of sp³-hybridized carbons (Fsp3) is 0.154. The molecule has 0 aliphatic carbocycles. The fourth-order valence-corrected chi connectivity index (χ4v) is 5.28. The average molecular weight is 442 g/mol. The van der Waals surface area contributed by atoms with E-state index in [9.17, 15) is 9.59 Å². The second-order valence-electron chi connectivity index (χ2n) is 8.29. The van der Waals surface area contributed by atoms with Gasteiger partial charge >= 0.3 is 0 Å². The summed E-state index contributed by atoms with van der Waals surface area (Å²) in [5.74, 6) is -0.278. The van der Waals surface area contributed by atoms with Crippen LogP contribution in [0, 0.1) is 0 Å². The summed E-state index contributed by atoms with van der Waals surface area (Å²) >= 11 is 6.26. The number of para-hydroxylation sites is 1. The molecule has 0 saturated heterocycles. The van der Waals surface area contributed by atoms with Gasteiger partial charge in [0.15, 0.2) is 0 Å². The van der Waals surface area contributed by atoms with Gasteiger partial charge in [0.1, 0.15) is 6.04 Å². The Balaban J connectivity index is 1.42. The smallest absolute Gasteiger partial charge is 0.255 e. The number of aromatic amines is 1. The van der Waals surface area contributed by atoms with Crippen LogP contribution in [0.4, 0.5) is 0 Å². The Labute approximate surface area is 190 Å². The normalized spacial score (nSPS) is 18.9. The molecule has 2 atom stereocenters. The van der Waals surface area contributed by atoms with E-state index in [1.807, 2.05) is 60.7 Å². The van der Waals surface area contributed by atoms with Crippen molar-refractivity contribution < 1.29 is 9.59 Å². The number of carbonyl (C=O) groups is 2. The van der Waals surface area contributed by atoms with Gasteiger partial charge in [0.25, 0.3) is 5.91 Å². The lowest BCUT2D eigenvalue weighted by atomic mass is 9.90. The third-order valence-electron chi connectivity index (χ3n) is 6.57. The van der Waals surface area contributed by atoms with Gasteiger partial charge in [-0.05, 0) is 34.9 Å². The highest BCUT2D eigenvalue weighted by atomic mass is 35.5. The summed E-state index contributed by atoms with van der Waals surface area (Å²) in [6.07, 6.45) is 0.462. The average Bonchev–Trinajstić information content (AvgIpc) is 3.34. The number of amides is 2. The molecule has 0 fully saturated rings. The van der Waals surface area contributed by atoms with Gasteiger partial charge < -0.3 is 15.2 Å². The number of rotatable bonds is 3. The van der Waals surface area contributed by atoms with Crippen LogP contribution in [0.3, 0.4) is 0 Å². The monoisotopic (exact) mass is 441 g/mol. The predicted octanol–water partition coefficient (Wildman–Crippen LogP) is 4.61. The summed E-state index contributed by atoms with van der Waals surface area (Å²) in [7, 11) is 0. The number of nitrogens with zero attached hydrogens (tertiary/aromatic N) is 1. The Bertz CT molecular complexity index is 1390. The molecule has 5 nitrogen and oxygen atoms in total. The van der Waals surface area contributed by atoms with E-state index in [4.69, 9.17) is 11.6 Å². The summed E-state index contributed by atoms with van der Waals surface area (Å²) in [4.78, 5) is 32.1. The van der Waals surface area contributed by atoms with Crippen LogP contribution in [-0.4, -0.2) is 27.7 Å².